The number of hydrazine groups is 1. The van der Waals surface area contributed by atoms with Crippen LogP contribution >= 0.6 is 11.8 Å². The van der Waals surface area contributed by atoms with Crippen LogP contribution in [0.3, 0.4) is 0 Å². The van der Waals surface area contributed by atoms with E-state index in [4.69, 9.17) is 5.84 Å². The summed E-state index contributed by atoms with van der Waals surface area (Å²) in [5.41, 5.74) is 1.57. The van der Waals surface area contributed by atoms with Crippen LogP contribution in [-0.2, 0) is 6.18 Å². The standard InChI is InChI=1S/C12H14F3N3OS/c13-12(14,15)8-1-2-10(17-16)9(7-8)11(19)18-3-5-20-6-4-18/h1-2,7,17H,3-6,16H2. The minimum atomic E-state index is -4.49. The lowest BCUT2D eigenvalue weighted by atomic mass is 10.1. The number of halogens is 3. The van der Waals surface area contributed by atoms with Gasteiger partial charge in [0.05, 0.1) is 16.8 Å². The van der Waals surface area contributed by atoms with Crippen LogP contribution in [-0.4, -0.2) is 35.4 Å². The Labute approximate surface area is 118 Å². The zero-order chi connectivity index (χ0) is 14.8. The summed E-state index contributed by atoms with van der Waals surface area (Å²) >= 11 is 1.71. The smallest absolute Gasteiger partial charge is 0.337 e. The van der Waals surface area contributed by atoms with E-state index >= 15 is 0 Å². The third-order valence-electron chi connectivity index (χ3n) is 3.03. The molecule has 3 N–H and O–H groups in total. The van der Waals surface area contributed by atoms with Gasteiger partial charge in [-0.15, -0.1) is 0 Å². The van der Waals surface area contributed by atoms with E-state index in [0.29, 0.717) is 13.1 Å². The SMILES string of the molecule is NNc1ccc(C(F)(F)F)cc1C(=O)N1CCSCC1. The second kappa shape index (κ2) is 5.92. The lowest BCUT2D eigenvalue weighted by molar-refractivity contribution is -0.137. The van der Waals surface area contributed by atoms with Gasteiger partial charge in [0, 0.05) is 24.6 Å². The number of alkyl halides is 3. The average Bonchev–Trinajstić information content (AvgIpc) is 2.45. The molecule has 1 aromatic rings. The maximum Gasteiger partial charge on any atom is 0.416 e. The Kier molecular flexibility index (Phi) is 4.44. The number of nitrogen functional groups attached to an aromatic ring is 1. The van der Waals surface area contributed by atoms with Gasteiger partial charge in [0.15, 0.2) is 0 Å². The molecular weight excluding hydrogens is 291 g/mol. The Morgan fingerprint density at radius 1 is 1.30 bits per heavy atom. The van der Waals surface area contributed by atoms with Crippen LogP contribution in [0.4, 0.5) is 18.9 Å². The third-order valence-corrected chi connectivity index (χ3v) is 3.97. The molecule has 4 nitrogen and oxygen atoms in total. The predicted molar refractivity (Wildman–Crippen MR) is 72.5 cm³/mol. The second-order valence-corrected chi connectivity index (χ2v) is 5.53. The van der Waals surface area contributed by atoms with E-state index in [1.807, 2.05) is 0 Å². The predicted octanol–water partition coefficient (Wildman–Crippen LogP) is 2.18. The number of amides is 1. The molecule has 0 aromatic heterocycles. The van der Waals surface area contributed by atoms with Gasteiger partial charge < -0.3 is 10.3 Å². The van der Waals surface area contributed by atoms with E-state index in [-0.39, 0.29) is 11.3 Å². The Bertz CT molecular complexity index is 501. The summed E-state index contributed by atoms with van der Waals surface area (Å²) in [6.45, 7) is 1.06. The normalized spacial score (nSPS) is 16.1. The number of benzene rings is 1. The van der Waals surface area contributed by atoms with E-state index in [0.717, 1.165) is 23.6 Å². The lowest BCUT2D eigenvalue weighted by Crippen LogP contribution is -2.38. The molecule has 110 valence electrons. The van der Waals surface area contributed by atoms with Crippen LogP contribution < -0.4 is 11.3 Å². The van der Waals surface area contributed by atoms with Crippen molar-refractivity contribution in [2.45, 2.75) is 6.18 Å². The van der Waals surface area contributed by atoms with Crippen molar-refractivity contribution in [2.24, 2.45) is 5.84 Å². The molecule has 8 heteroatoms. The van der Waals surface area contributed by atoms with E-state index < -0.39 is 17.6 Å². The fraction of sp³-hybridized carbons (Fsp3) is 0.417. The van der Waals surface area contributed by atoms with Crippen molar-refractivity contribution in [3.8, 4) is 0 Å². The molecule has 20 heavy (non-hydrogen) atoms. The van der Waals surface area contributed by atoms with Gasteiger partial charge in [0.2, 0.25) is 0 Å². The van der Waals surface area contributed by atoms with Crippen molar-refractivity contribution in [2.75, 3.05) is 30.0 Å². The quantitative estimate of drug-likeness (QED) is 0.649. The fourth-order valence-electron chi connectivity index (χ4n) is 1.96. The molecule has 1 fully saturated rings. The maximum atomic E-state index is 12.7. The van der Waals surface area contributed by atoms with Crippen molar-refractivity contribution in [3.63, 3.8) is 0 Å². The van der Waals surface area contributed by atoms with Crippen molar-refractivity contribution in [3.05, 3.63) is 29.3 Å². The highest BCUT2D eigenvalue weighted by Gasteiger charge is 2.32. The number of carbonyl (C=O) groups is 1. The Morgan fingerprint density at radius 3 is 2.50 bits per heavy atom. The minimum Gasteiger partial charge on any atom is -0.337 e. The van der Waals surface area contributed by atoms with Crippen LogP contribution in [0, 0.1) is 0 Å². The van der Waals surface area contributed by atoms with Gasteiger partial charge in [-0.05, 0) is 18.2 Å². The number of thioether (sulfide) groups is 1. The average molecular weight is 305 g/mol. The van der Waals surface area contributed by atoms with E-state index in [1.54, 1.807) is 16.7 Å². The number of carbonyl (C=O) groups excluding carboxylic acids is 1. The van der Waals surface area contributed by atoms with E-state index in [1.165, 1.54) is 6.07 Å². The molecular formula is C12H14F3N3OS. The number of rotatable bonds is 2. The molecule has 2 rings (SSSR count). The lowest BCUT2D eigenvalue weighted by Gasteiger charge is -2.27. The van der Waals surface area contributed by atoms with Crippen molar-refractivity contribution < 1.29 is 18.0 Å². The molecule has 0 unspecified atom stereocenters. The number of hydrogen-bond donors (Lipinski definition) is 2. The molecule has 1 saturated heterocycles. The summed E-state index contributed by atoms with van der Waals surface area (Å²) in [7, 11) is 0. The highest BCUT2D eigenvalue weighted by molar-refractivity contribution is 7.99. The van der Waals surface area contributed by atoms with Gasteiger partial charge in [-0.2, -0.15) is 24.9 Å². The Hall–Kier alpha value is -1.41. The summed E-state index contributed by atoms with van der Waals surface area (Å²) in [5, 5.41) is 0. The van der Waals surface area contributed by atoms with Crippen molar-refractivity contribution in [1.82, 2.24) is 4.90 Å². The van der Waals surface area contributed by atoms with Gasteiger partial charge in [0.25, 0.3) is 5.91 Å². The molecule has 0 atom stereocenters. The second-order valence-electron chi connectivity index (χ2n) is 4.31. The number of hydrogen-bond acceptors (Lipinski definition) is 4. The van der Waals surface area contributed by atoms with Crippen LogP contribution in [0.1, 0.15) is 15.9 Å². The molecule has 1 aliphatic rings. The fourth-order valence-corrected chi connectivity index (χ4v) is 2.86. The molecule has 1 heterocycles. The maximum absolute atomic E-state index is 12.7. The summed E-state index contributed by atoms with van der Waals surface area (Å²) in [5.74, 6) is 6.42. The molecule has 0 bridgehead atoms. The van der Waals surface area contributed by atoms with Gasteiger partial charge in [0.1, 0.15) is 0 Å². The van der Waals surface area contributed by atoms with Crippen LogP contribution in [0.15, 0.2) is 18.2 Å². The summed E-state index contributed by atoms with van der Waals surface area (Å²) in [6.07, 6.45) is -4.49. The van der Waals surface area contributed by atoms with Crippen LogP contribution in [0.2, 0.25) is 0 Å². The number of nitrogens with one attached hydrogen (secondary N) is 1. The van der Waals surface area contributed by atoms with E-state index in [2.05, 4.69) is 5.43 Å². The van der Waals surface area contributed by atoms with E-state index in [9.17, 15) is 18.0 Å². The first kappa shape index (κ1) is 15.0. The molecule has 1 aliphatic heterocycles. The zero-order valence-corrected chi connectivity index (χ0v) is 11.4. The third kappa shape index (κ3) is 3.18. The van der Waals surface area contributed by atoms with Gasteiger partial charge in [-0.25, -0.2) is 0 Å². The Balaban J connectivity index is 2.34. The highest BCUT2D eigenvalue weighted by Crippen LogP contribution is 2.32. The van der Waals surface area contributed by atoms with Crippen molar-refractivity contribution >= 4 is 23.4 Å². The number of nitrogens with two attached hydrogens (primary N) is 1. The molecule has 1 aromatic carbocycles. The molecule has 0 spiro atoms. The van der Waals surface area contributed by atoms with Gasteiger partial charge in [-0.3, -0.25) is 10.6 Å². The minimum absolute atomic E-state index is 0.0470. The first-order chi connectivity index (χ1) is 9.43. The Morgan fingerprint density at radius 2 is 1.95 bits per heavy atom. The number of nitrogens with zero attached hydrogens (tertiary/aromatic N) is 1. The zero-order valence-electron chi connectivity index (χ0n) is 10.5. The molecule has 1 amide bonds. The monoisotopic (exact) mass is 305 g/mol. The first-order valence-corrected chi connectivity index (χ1v) is 7.14. The van der Waals surface area contributed by atoms with Crippen LogP contribution in [0.25, 0.3) is 0 Å². The van der Waals surface area contributed by atoms with Gasteiger partial charge in [-0.1, -0.05) is 0 Å². The summed E-state index contributed by atoms with van der Waals surface area (Å²) in [6, 6.07) is 2.92. The van der Waals surface area contributed by atoms with Crippen LogP contribution in [0.5, 0.6) is 0 Å². The summed E-state index contributed by atoms with van der Waals surface area (Å²) < 4.78 is 38.2. The largest absolute Gasteiger partial charge is 0.416 e. The van der Waals surface area contributed by atoms with Crippen molar-refractivity contribution in [1.29, 1.82) is 0 Å². The molecule has 0 aliphatic carbocycles. The molecule has 0 saturated carbocycles. The highest BCUT2D eigenvalue weighted by atomic mass is 32.2. The molecule has 0 radical (unpaired) electrons. The van der Waals surface area contributed by atoms with Gasteiger partial charge >= 0.3 is 6.18 Å². The number of anilines is 1. The summed E-state index contributed by atoms with van der Waals surface area (Å²) in [4.78, 5) is 13.9. The topological polar surface area (TPSA) is 58.4 Å². The first-order valence-electron chi connectivity index (χ1n) is 5.98.